The second kappa shape index (κ2) is 43.8. The minimum atomic E-state index is -5.54. The molecule has 0 saturated carbocycles. The van der Waals surface area contributed by atoms with E-state index < -0.39 is 345 Å². The maximum absolute atomic E-state index is 13.0. The Morgan fingerprint density at radius 1 is 0.252 bits per heavy atom. The zero-order chi connectivity index (χ0) is 80.5. The van der Waals surface area contributed by atoms with Crippen LogP contribution in [0.3, 0.4) is 0 Å². The molecule has 0 aromatic carbocycles. The minimum Gasteiger partial charge on any atom is -0.394 e. The highest BCUT2D eigenvalue weighted by atomic mass is 31.2. The molecule has 0 aliphatic carbocycles. The first-order valence-electron chi connectivity index (χ1n) is 31.8. The second-order valence-electron chi connectivity index (χ2n) is 24.4. The Morgan fingerprint density at radius 2 is 0.430 bits per heavy atom. The molecule has 5 aliphatic rings. The second-order valence-corrected chi connectivity index (χ2v) is 30.0. The highest BCUT2D eigenvalue weighted by molar-refractivity contribution is 7.48. The molecule has 9 unspecified atom stereocenters. The largest absolute Gasteiger partial charge is 0.472 e. The van der Waals surface area contributed by atoms with Crippen molar-refractivity contribution in [2.75, 3.05) is 99.1 Å². The van der Waals surface area contributed by atoms with Gasteiger partial charge in [-0.25, -0.2) is 18.3 Å². The highest BCUT2D eigenvalue weighted by Crippen LogP contribution is 2.51. The number of phosphoric ester groups is 4. The summed E-state index contributed by atoms with van der Waals surface area (Å²) in [4.78, 5) is 41.5. The summed E-state index contributed by atoms with van der Waals surface area (Å²) in [6, 6.07) is 0. The Bertz CT molecular complexity index is 2760. The van der Waals surface area contributed by atoms with Crippen molar-refractivity contribution >= 4 is 31.3 Å². The quantitative estimate of drug-likeness (QED) is 0.0252. The van der Waals surface area contributed by atoms with Gasteiger partial charge in [0.25, 0.3) is 0 Å². The SMILES string of the molecule is O=P(O)(OC[C@@H](O)[C@@H](O)[C@@H](O)COC1O[C@H](CO)[C@@H](O)[C@H]1O)O[C@@H]1[C@@H](CO)OC(OC[C@H](O)[C@H](O)[C@H](O)COP(=O)(O)O[C@@H]2[C@@H](CO)OC(OC[C@H](O)[C@H](O)[C@H](O)COP(=O)(O)O[C@@H]3[C@@H](CO)OC(OC[C@H](O)[C@H](O)[C@H](O)COP(=O)(O)O[C@@H]4[C@@H](CO)OC(OC[C@H](O)[C@H](O)[C@H](O)CO)[C@@H]4O)[C@@H]3O)[C@@H]2O)[C@@H]1O. The fourth-order valence-corrected chi connectivity index (χ4v) is 14.0. The van der Waals surface area contributed by atoms with Crippen molar-refractivity contribution in [3.05, 3.63) is 0 Å². The van der Waals surface area contributed by atoms with Gasteiger partial charge in [0, 0.05) is 0 Å². The van der Waals surface area contributed by atoms with Crippen LogP contribution in [0.2, 0.25) is 0 Å². The van der Waals surface area contributed by atoms with E-state index in [-0.39, 0.29) is 0 Å². The van der Waals surface area contributed by atoms with Crippen molar-refractivity contribution in [3.63, 3.8) is 0 Å². The number of phosphoric acid groups is 4. The Balaban J connectivity index is 0.994. The highest BCUT2D eigenvalue weighted by Gasteiger charge is 2.54. The van der Waals surface area contributed by atoms with E-state index in [9.17, 15) is 171 Å². The first-order valence-corrected chi connectivity index (χ1v) is 37.8. The number of ether oxygens (including phenoxy) is 10. The van der Waals surface area contributed by atoms with E-state index >= 15 is 0 Å². The van der Waals surface area contributed by atoms with Crippen LogP contribution in [-0.4, -0.2) is 471 Å². The molecule has 31 N–H and O–H groups in total. The molecule has 0 amide bonds. The van der Waals surface area contributed by atoms with Crippen LogP contribution in [0, 0.1) is 0 Å². The number of rotatable bonds is 51. The van der Waals surface area contributed by atoms with Crippen molar-refractivity contribution in [2.45, 2.75) is 215 Å². The molecule has 5 saturated heterocycles. The van der Waals surface area contributed by atoms with Crippen molar-refractivity contribution in [2.24, 2.45) is 0 Å². The fourth-order valence-electron chi connectivity index (χ4n) is 10.1. The lowest BCUT2D eigenvalue weighted by atomic mass is 10.1. The molecule has 107 heavy (non-hydrogen) atoms. The van der Waals surface area contributed by atoms with Gasteiger partial charge in [0.2, 0.25) is 0 Å². The van der Waals surface area contributed by atoms with Crippen LogP contribution in [0.15, 0.2) is 0 Å². The maximum atomic E-state index is 13.0. The van der Waals surface area contributed by atoms with Crippen LogP contribution in [0.4, 0.5) is 0 Å². The van der Waals surface area contributed by atoms with Crippen LogP contribution >= 0.6 is 31.3 Å². The van der Waals surface area contributed by atoms with Gasteiger partial charge in [-0.3, -0.25) is 36.2 Å². The number of aliphatic hydroxyl groups excluding tert-OH is 27. The lowest BCUT2D eigenvalue weighted by Gasteiger charge is -2.27. The topological polar surface area (TPSA) is 862 Å². The van der Waals surface area contributed by atoms with Gasteiger partial charge in [-0.05, 0) is 0 Å². The molecule has 0 aromatic heterocycles. The van der Waals surface area contributed by atoms with Gasteiger partial charge >= 0.3 is 31.3 Å². The van der Waals surface area contributed by atoms with Gasteiger partial charge in [-0.2, -0.15) is 0 Å². The third kappa shape index (κ3) is 27.8. The Kier molecular flexibility index (Phi) is 39.5. The molecule has 5 rings (SSSR count). The standard InChI is InChI=1S/C50H96O53P4/c51-1-16(57)31(67)17(58)7-87-47-38(74)42(27(3-53)96-47)100-105(80,81)92-13-23(64)33(69)19(60)9-89-49-40(76)44(29(5-55)98-49)102-107(84,85)94-15-25(66)35(71)21(62)11-90-50-41(77)45(30(6-56)99-50)103-106(82,83)93-14-24(65)34(70)20(61)10-88-48-39(75)43(28(4-54)97-48)101-104(78,79)91-12-22(63)32(68)18(59)8-86-46-37(73)36(72)26(2-52)95-46/h16-77H,1-15H2,(H,78,79)(H,80,81)(H,82,83)(H,84,85)/t16-,17+,18+,19+,20+,21+,22-,23-,24-,25-,26-,27-,28-,29-,30-,31-,32+,33+,34+,35+,36-,37-,38-,39-,40-,41-,42-,43-,44-,45-,46?,47?,48?,49?,50?/m1/s1. The van der Waals surface area contributed by atoms with E-state index in [0.29, 0.717) is 0 Å². The van der Waals surface area contributed by atoms with Crippen LogP contribution in [0.5, 0.6) is 0 Å². The predicted molar refractivity (Wildman–Crippen MR) is 324 cm³/mol. The third-order valence-corrected chi connectivity index (χ3v) is 20.3. The molecule has 0 bridgehead atoms. The van der Waals surface area contributed by atoms with Crippen molar-refractivity contribution in [1.29, 1.82) is 0 Å². The summed E-state index contributed by atoms with van der Waals surface area (Å²) in [5.41, 5.74) is 0. The monoisotopic (exact) mass is 1670 g/mol. The lowest BCUT2D eigenvalue weighted by molar-refractivity contribution is -0.194. The van der Waals surface area contributed by atoms with E-state index in [4.69, 9.17) is 70.6 Å². The summed E-state index contributed by atoms with van der Waals surface area (Å²) in [5.74, 6) is 0. The molecule has 5 heterocycles. The van der Waals surface area contributed by atoms with Gasteiger partial charge < -0.3 is 205 Å². The summed E-state index contributed by atoms with van der Waals surface area (Å²) in [6.07, 6.45) is -69.8. The van der Waals surface area contributed by atoms with Gasteiger partial charge in [-0.1, -0.05) is 0 Å². The van der Waals surface area contributed by atoms with E-state index in [0.717, 1.165) is 0 Å². The van der Waals surface area contributed by atoms with Gasteiger partial charge in [-0.15, -0.1) is 0 Å². The normalized spacial score (nSPS) is 36.6. The summed E-state index contributed by atoms with van der Waals surface area (Å²) < 4.78 is 141. The van der Waals surface area contributed by atoms with Gasteiger partial charge in [0.05, 0.1) is 99.1 Å². The van der Waals surface area contributed by atoms with Gasteiger partial charge in [0.1, 0.15) is 183 Å². The fraction of sp³-hybridized carbons (Fsp3) is 1.00. The number of aliphatic hydroxyl groups is 27. The van der Waals surface area contributed by atoms with Crippen molar-refractivity contribution < 1.29 is 259 Å². The molecule has 0 spiro atoms. The predicted octanol–water partition coefficient (Wildman–Crippen LogP) is -17.8. The first-order chi connectivity index (χ1) is 49.9. The molecule has 634 valence electrons. The number of hydrogen-bond acceptors (Lipinski definition) is 49. The lowest BCUT2D eigenvalue weighted by Crippen LogP contribution is -2.44. The van der Waals surface area contributed by atoms with Crippen LogP contribution in [0.1, 0.15) is 0 Å². The summed E-state index contributed by atoms with van der Waals surface area (Å²) in [7, 11) is -21.9. The van der Waals surface area contributed by atoms with Crippen LogP contribution < -0.4 is 0 Å². The Labute approximate surface area is 602 Å². The van der Waals surface area contributed by atoms with Crippen LogP contribution in [0.25, 0.3) is 0 Å². The molecule has 0 radical (unpaired) electrons. The average Bonchev–Trinajstić information content (AvgIpc) is 1.69. The zero-order valence-electron chi connectivity index (χ0n) is 55.4. The van der Waals surface area contributed by atoms with Gasteiger partial charge in [0.15, 0.2) is 31.5 Å². The van der Waals surface area contributed by atoms with E-state index in [1.54, 1.807) is 0 Å². The summed E-state index contributed by atoms with van der Waals surface area (Å²) in [6.45, 7) is -16.3. The van der Waals surface area contributed by atoms with Crippen molar-refractivity contribution in [1.82, 2.24) is 0 Å². The molecule has 39 atom stereocenters. The van der Waals surface area contributed by atoms with Crippen molar-refractivity contribution in [3.8, 4) is 0 Å². The number of hydrogen-bond donors (Lipinski definition) is 31. The molecular formula is C50H96O53P4. The Hall–Kier alpha value is -1.04. The molecule has 5 fully saturated rings. The average molecular weight is 1670 g/mol. The molecule has 53 nitrogen and oxygen atoms in total. The zero-order valence-corrected chi connectivity index (χ0v) is 59.0. The smallest absolute Gasteiger partial charge is 0.394 e. The summed E-state index contributed by atoms with van der Waals surface area (Å²) in [5, 5.41) is 275. The summed E-state index contributed by atoms with van der Waals surface area (Å²) >= 11 is 0. The van der Waals surface area contributed by atoms with E-state index in [1.165, 1.54) is 0 Å². The molecule has 57 heteroatoms. The Morgan fingerprint density at radius 3 is 0.617 bits per heavy atom. The third-order valence-electron chi connectivity index (χ3n) is 16.3. The van der Waals surface area contributed by atoms with E-state index in [2.05, 4.69) is 18.1 Å². The van der Waals surface area contributed by atoms with E-state index in [1.807, 2.05) is 0 Å². The maximum Gasteiger partial charge on any atom is 0.472 e. The molecule has 0 aromatic rings. The first kappa shape index (κ1) is 96.5. The minimum absolute atomic E-state index is 0.715. The molecule has 5 aliphatic heterocycles. The molecular weight excluding hydrogens is 1570 g/mol. The van der Waals surface area contributed by atoms with Crippen LogP contribution in [-0.2, 0) is 102 Å².